The van der Waals surface area contributed by atoms with Crippen molar-refractivity contribution in [1.82, 2.24) is 0 Å². The SMILES string of the molecule is C=C.CC(C)c1ccc(C(F)(F)F)s1. The van der Waals surface area contributed by atoms with Crippen molar-refractivity contribution in [3.8, 4) is 0 Å². The van der Waals surface area contributed by atoms with Crippen molar-refractivity contribution < 1.29 is 13.2 Å². The lowest BCUT2D eigenvalue weighted by molar-refractivity contribution is -0.134. The van der Waals surface area contributed by atoms with Crippen LogP contribution in [0.4, 0.5) is 13.2 Å². The quantitative estimate of drug-likeness (QED) is 0.604. The fraction of sp³-hybridized carbons (Fsp3) is 0.400. The Balaban J connectivity index is 0.000000791. The minimum absolute atomic E-state index is 0.172. The van der Waals surface area contributed by atoms with Crippen molar-refractivity contribution in [2.45, 2.75) is 25.9 Å². The Morgan fingerprint density at radius 2 is 1.71 bits per heavy atom. The minimum atomic E-state index is -4.18. The molecule has 0 N–H and O–H groups in total. The van der Waals surface area contributed by atoms with E-state index in [2.05, 4.69) is 13.2 Å². The molecule has 0 spiro atoms. The zero-order chi connectivity index (χ0) is 11.4. The van der Waals surface area contributed by atoms with Gasteiger partial charge >= 0.3 is 6.18 Å². The number of hydrogen-bond donors (Lipinski definition) is 0. The summed E-state index contributed by atoms with van der Waals surface area (Å²) < 4.78 is 36.2. The Morgan fingerprint density at radius 1 is 1.21 bits per heavy atom. The molecule has 0 fully saturated rings. The van der Waals surface area contributed by atoms with Gasteiger partial charge in [-0.3, -0.25) is 0 Å². The monoisotopic (exact) mass is 222 g/mol. The molecule has 80 valence electrons. The Bertz CT molecular complexity index is 273. The molecule has 0 aliphatic rings. The van der Waals surface area contributed by atoms with Crippen LogP contribution in [0.15, 0.2) is 25.3 Å². The molecule has 0 atom stereocenters. The molecule has 0 radical (unpaired) electrons. The third-order valence-electron chi connectivity index (χ3n) is 1.48. The molecule has 0 saturated carbocycles. The summed E-state index contributed by atoms with van der Waals surface area (Å²) >= 11 is 0.823. The van der Waals surface area contributed by atoms with Gasteiger partial charge < -0.3 is 0 Å². The zero-order valence-electron chi connectivity index (χ0n) is 8.19. The van der Waals surface area contributed by atoms with Gasteiger partial charge in [0, 0.05) is 4.88 Å². The first-order valence-corrected chi connectivity index (χ1v) is 4.90. The lowest BCUT2D eigenvalue weighted by atomic mass is 10.2. The van der Waals surface area contributed by atoms with Gasteiger partial charge in [0.25, 0.3) is 0 Å². The van der Waals surface area contributed by atoms with Crippen LogP contribution < -0.4 is 0 Å². The summed E-state index contributed by atoms with van der Waals surface area (Å²) in [4.78, 5) is 0.272. The molecule has 0 saturated heterocycles. The maximum Gasteiger partial charge on any atom is 0.425 e. The van der Waals surface area contributed by atoms with Crippen molar-refractivity contribution in [2.75, 3.05) is 0 Å². The molecule has 0 unspecified atom stereocenters. The zero-order valence-corrected chi connectivity index (χ0v) is 9.00. The topological polar surface area (TPSA) is 0 Å². The normalized spacial score (nSPS) is 11.0. The summed E-state index contributed by atoms with van der Waals surface area (Å²) in [6.45, 7) is 9.76. The summed E-state index contributed by atoms with van der Waals surface area (Å²) in [7, 11) is 0. The van der Waals surface area contributed by atoms with Crippen LogP contribution in [0.3, 0.4) is 0 Å². The van der Waals surface area contributed by atoms with Gasteiger partial charge in [0.15, 0.2) is 0 Å². The van der Waals surface area contributed by atoms with E-state index in [1.54, 1.807) is 0 Å². The standard InChI is InChI=1S/C8H9F3S.C2H4/c1-5(2)6-3-4-7(12-6)8(9,10)11;1-2/h3-5H,1-2H3;1-2H2. The van der Waals surface area contributed by atoms with Gasteiger partial charge in [-0.25, -0.2) is 0 Å². The van der Waals surface area contributed by atoms with Gasteiger partial charge in [-0.05, 0) is 18.1 Å². The smallest absolute Gasteiger partial charge is 0.165 e. The molecular weight excluding hydrogens is 209 g/mol. The number of halogens is 3. The van der Waals surface area contributed by atoms with Crippen molar-refractivity contribution in [3.63, 3.8) is 0 Å². The number of thiophene rings is 1. The van der Waals surface area contributed by atoms with Crippen molar-refractivity contribution in [1.29, 1.82) is 0 Å². The van der Waals surface area contributed by atoms with Crippen LogP contribution in [0.2, 0.25) is 0 Å². The third kappa shape index (κ3) is 3.54. The van der Waals surface area contributed by atoms with Crippen LogP contribution in [-0.4, -0.2) is 0 Å². The molecule has 1 rings (SSSR count). The second-order valence-corrected chi connectivity index (χ2v) is 3.97. The molecule has 0 aliphatic carbocycles. The van der Waals surface area contributed by atoms with Crippen molar-refractivity contribution >= 4 is 11.3 Å². The average Bonchev–Trinajstić information content (AvgIpc) is 2.54. The van der Waals surface area contributed by atoms with E-state index in [0.29, 0.717) is 0 Å². The average molecular weight is 222 g/mol. The highest BCUT2D eigenvalue weighted by Crippen LogP contribution is 2.36. The van der Waals surface area contributed by atoms with E-state index in [4.69, 9.17) is 0 Å². The van der Waals surface area contributed by atoms with Crippen LogP contribution in [0.1, 0.15) is 29.5 Å². The van der Waals surface area contributed by atoms with E-state index < -0.39 is 11.1 Å². The van der Waals surface area contributed by atoms with Gasteiger partial charge in [0.1, 0.15) is 4.88 Å². The lowest BCUT2D eigenvalue weighted by Crippen LogP contribution is -2.00. The van der Waals surface area contributed by atoms with Gasteiger partial charge in [-0.1, -0.05) is 13.8 Å². The van der Waals surface area contributed by atoms with E-state index in [9.17, 15) is 13.2 Å². The molecule has 0 amide bonds. The predicted molar refractivity (Wildman–Crippen MR) is 54.7 cm³/mol. The molecule has 0 bridgehead atoms. The second kappa shape index (κ2) is 5.20. The highest BCUT2D eigenvalue weighted by molar-refractivity contribution is 7.12. The maximum absolute atomic E-state index is 12.1. The van der Waals surface area contributed by atoms with Gasteiger partial charge in [0.05, 0.1) is 0 Å². The summed E-state index contributed by atoms with van der Waals surface area (Å²) in [5, 5.41) is 0. The summed E-state index contributed by atoms with van der Waals surface area (Å²) in [6.07, 6.45) is -4.18. The van der Waals surface area contributed by atoms with E-state index >= 15 is 0 Å². The predicted octanol–water partition coefficient (Wildman–Crippen LogP) is 4.69. The second-order valence-electron chi connectivity index (χ2n) is 2.85. The Hall–Kier alpha value is -0.770. The molecule has 0 aliphatic heterocycles. The third-order valence-corrected chi connectivity index (χ3v) is 2.91. The Kier molecular flexibility index (Phi) is 4.91. The van der Waals surface area contributed by atoms with Gasteiger partial charge in [0.2, 0.25) is 0 Å². The molecule has 0 aromatic carbocycles. The van der Waals surface area contributed by atoms with Crippen molar-refractivity contribution in [2.24, 2.45) is 0 Å². The van der Waals surface area contributed by atoms with E-state index in [-0.39, 0.29) is 5.92 Å². The van der Waals surface area contributed by atoms with Crippen molar-refractivity contribution in [3.05, 3.63) is 35.0 Å². The van der Waals surface area contributed by atoms with Gasteiger partial charge in [-0.15, -0.1) is 24.5 Å². The number of alkyl halides is 3. The summed E-state index contributed by atoms with van der Waals surface area (Å²) in [5.74, 6) is 0.172. The Labute approximate surface area is 86.1 Å². The number of hydrogen-bond acceptors (Lipinski definition) is 1. The highest BCUT2D eigenvalue weighted by atomic mass is 32.1. The summed E-state index contributed by atoms with van der Waals surface area (Å²) in [5.41, 5.74) is 0. The van der Waals surface area contributed by atoms with Gasteiger partial charge in [-0.2, -0.15) is 13.2 Å². The molecule has 14 heavy (non-hydrogen) atoms. The fourth-order valence-electron chi connectivity index (χ4n) is 0.815. The van der Waals surface area contributed by atoms with E-state index in [1.165, 1.54) is 6.07 Å². The van der Waals surface area contributed by atoms with Crippen LogP contribution >= 0.6 is 11.3 Å². The first-order valence-electron chi connectivity index (χ1n) is 4.08. The van der Waals surface area contributed by atoms with Crippen LogP contribution in [0, 0.1) is 0 Å². The number of rotatable bonds is 1. The maximum atomic E-state index is 12.1. The minimum Gasteiger partial charge on any atom is -0.165 e. The fourth-order valence-corrected chi connectivity index (χ4v) is 1.69. The van der Waals surface area contributed by atoms with Crippen LogP contribution in [0.25, 0.3) is 0 Å². The molecular formula is C10H13F3S. The van der Waals surface area contributed by atoms with E-state index in [1.807, 2.05) is 13.8 Å². The summed E-state index contributed by atoms with van der Waals surface area (Å²) in [6, 6.07) is 2.68. The molecule has 4 heteroatoms. The van der Waals surface area contributed by atoms with Crippen LogP contribution in [-0.2, 0) is 6.18 Å². The molecule has 1 heterocycles. The lowest BCUT2D eigenvalue weighted by Gasteiger charge is -2.01. The molecule has 1 aromatic rings. The van der Waals surface area contributed by atoms with E-state index in [0.717, 1.165) is 22.3 Å². The Morgan fingerprint density at radius 3 is 1.93 bits per heavy atom. The van der Waals surface area contributed by atoms with Crippen LogP contribution in [0.5, 0.6) is 0 Å². The largest absolute Gasteiger partial charge is 0.425 e. The highest BCUT2D eigenvalue weighted by Gasteiger charge is 2.32. The first kappa shape index (κ1) is 13.2. The molecule has 1 aromatic heterocycles. The molecule has 0 nitrogen and oxygen atoms in total. The first-order chi connectivity index (χ1) is 6.41.